The monoisotopic (exact) mass is 316 g/mol. The Bertz CT molecular complexity index is 639. The first-order valence-corrected chi connectivity index (χ1v) is 8.39. The van der Waals surface area contributed by atoms with Crippen LogP contribution in [0.2, 0.25) is 0 Å². The Labute approximate surface area is 135 Å². The van der Waals surface area contributed by atoms with E-state index in [2.05, 4.69) is 16.8 Å². The maximum Gasteiger partial charge on any atom is 0.286 e. The molecule has 3 rings (SSSR count). The molecule has 1 saturated heterocycles. The number of likely N-dealkylation sites (tertiary alicyclic amines) is 1. The number of methoxy groups -OCH3 is 1. The standard InChI is InChI=1S/C17H20N2O2S/c1-12-6-5-9-19(11-12)17-18-16(20)15(22-17)10-13-7-3-4-8-14(13)21-2/h3-4,7-8,10,12H,5-6,9,11H2,1-2H3/b15-10-. The van der Waals surface area contributed by atoms with Gasteiger partial charge in [0.15, 0.2) is 5.17 Å². The van der Waals surface area contributed by atoms with E-state index in [1.165, 1.54) is 24.6 Å². The van der Waals surface area contributed by atoms with Crippen LogP contribution in [0.5, 0.6) is 5.75 Å². The number of rotatable bonds is 2. The number of piperidine rings is 1. The summed E-state index contributed by atoms with van der Waals surface area (Å²) in [6, 6.07) is 7.69. The lowest BCUT2D eigenvalue weighted by atomic mass is 10.0. The van der Waals surface area contributed by atoms with Gasteiger partial charge in [0.05, 0.1) is 12.0 Å². The summed E-state index contributed by atoms with van der Waals surface area (Å²) < 4.78 is 5.34. The Morgan fingerprint density at radius 2 is 2.23 bits per heavy atom. The second kappa shape index (κ2) is 6.57. The van der Waals surface area contributed by atoms with Crippen molar-refractivity contribution in [3.8, 4) is 5.75 Å². The molecule has 0 radical (unpaired) electrons. The van der Waals surface area contributed by atoms with Crippen LogP contribution in [0.4, 0.5) is 0 Å². The lowest BCUT2D eigenvalue weighted by Gasteiger charge is -2.31. The number of para-hydroxylation sites is 1. The molecule has 2 aliphatic rings. The van der Waals surface area contributed by atoms with Crippen molar-refractivity contribution in [2.45, 2.75) is 19.8 Å². The summed E-state index contributed by atoms with van der Waals surface area (Å²) in [6.07, 6.45) is 4.29. The minimum Gasteiger partial charge on any atom is -0.496 e. The fourth-order valence-corrected chi connectivity index (χ4v) is 3.76. The summed E-state index contributed by atoms with van der Waals surface area (Å²) in [5.74, 6) is 1.28. The number of nitrogens with zero attached hydrogens (tertiary/aromatic N) is 2. The second-order valence-electron chi connectivity index (χ2n) is 5.75. The minimum atomic E-state index is -0.149. The predicted molar refractivity (Wildman–Crippen MR) is 91.0 cm³/mol. The van der Waals surface area contributed by atoms with Gasteiger partial charge in [-0.15, -0.1) is 0 Å². The van der Waals surface area contributed by atoms with Gasteiger partial charge in [-0.1, -0.05) is 25.1 Å². The molecular weight excluding hydrogens is 296 g/mol. The van der Waals surface area contributed by atoms with Crippen LogP contribution in [0, 0.1) is 5.92 Å². The van der Waals surface area contributed by atoms with E-state index < -0.39 is 0 Å². The maximum atomic E-state index is 12.2. The third-order valence-corrected chi connectivity index (χ3v) is 5.01. The van der Waals surface area contributed by atoms with Crippen LogP contribution in [0.1, 0.15) is 25.3 Å². The van der Waals surface area contributed by atoms with Crippen molar-refractivity contribution in [2.24, 2.45) is 10.9 Å². The Kier molecular flexibility index (Phi) is 4.52. The Morgan fingerprint density at radius 3 is 3.00 bits per heavy atom. The second-order valence-corrected chi connectivity index (χ2v) is 6.75. The van der Waals surface area contributed by atoms with Crippen LogP contribution in [-0.4, -0.2) is 36.2 Å². The molecular formula is C17H20N2O2S. The zero-order valence-corrected chi connectivity index (χ0v) is 13.7. The van der Waals surface area contributed by atoms with Gasteiger partial charge in [0.25, 0.3) is 5.91 Å². The molecule has 5 heteroatoms. The Hall–Kier alpha value is -1.75. The molecule has 1 atom stereocenters. The number of benzene rings is 1. The lowest BCUT2D eigenvalue weighted by Crippen LogP contribution is -2.37. The molecule has 1 aromatic carbocycles. The van der Waals surface area contributed by atoms with Gasteiger partial charge in [-0.25, -0.2) is 0 Å². The number of carbonyl (C=O) groups excluding carboxylic acids is 1. The summed E-state index contributed by atoms with van der Waals surface area (Å²) in [5.41, 5.74) is 0.907. The van der Waals surface area contributed by atoms with E-state index >= 15 is 0 Å². The number of hydrogen-bond acceptors (Lipinski definition) is 4. The van der Waals surface area contributed by atoms with Crippen LogP contribution < -0.4 is 4.74 Å². The van der Waals surface area contributed by atoms with Gasteiger partial charge in [-0.2, -0.15) is 4.99 Å². The topological polar surface area (TPSA) is 41.9 Å². The van der Waals surface area contributed by atoms with E-state index in [0.717, 1.165) is 29.6 Å². The highest BCUT2D eigenvalue weighted by molar-refractivity contribution is 8.18. The molecule has 1 amide bonds. The predicted octanol–water partition coefficient (Wildman–Crippen LogP) is 3.40. The molecule has 2 heterocycles. The highest BCUT2D eigenvalue weighted by Gasteiger charge is 2.28. The molecule has 0 aliphatic carbocycles. The van der Waals surface area contributed by atoms with Gasteiger partial charge >= 0.3 is 0 Å². The molecule has 0 aromatic heterocycles. The van der Waals surface area contributed by atoms with Crippen LogP contribution in [0.3, 0.4) is 0 Å². The highest BCUT2D eigenvalue weighted by Crippen LogP contribution is 2.33. The largest absolute Gasteiger partial charge is 0.496 e. The van der Waals surface area contributed by atoms with Gasteiger partial charge in [0.1, 0.15) is 5.75 Å². The smallest absolute Gasteiger partial charge is 0.286 e. The van der Waals surface area contributed by atoms with E-state index in [-0.39, 0.29) is 5.91 Å². The zero-order valence-electron chi connectivity index (χ0n) is 12.9. The van der Waals surface area contributed by atoms with Crippen molar-refractivity contribution in [2.75, 3.05) is 20.2 Å². The molecule has 0 N–H and O–H groups in total. The number of amidine groups is 1. The van der Waals surface area contributed by atoms with Gasteiger partial charge in [-0.05, 0) is 42.7 Å². The zero-order chi connectivity index (χ0) is 15.5. The number of thioether (sulfide) groups is 1. The van der Waals surface area contributed by atoms with E-state index in [1.807, 2.05) is 30.3 Å². The van der Waals surface area contributed by atoms with Gasteiger partial charge in [0.2, 0.25) is 0 Å². The average Bonchev–Trinajstić information content (AvgIpc) is 2.89. The molecule has 1 unspecified atom stereocenters. The average molecular weight is 316 g/mol. The number of aliphatic imine (C=N–C) groups is 1. The number of carbonyl (C=O) groups is 1. The Morgan fingerprint density at radius 1 is 1.41 bits per heavy atom. The molecule has 1 fully saturated rings. The summed E-state index contributed by atoms with van der Waals surface area (Å²) in [6.45, 7) is 4.23. The maximum absolute atomic E-state index is 12.2. The first kappa shape index (κ1) is 15.2. The van der Waals surface area contributed by atoms with Crippen molar-refractivity contribution in [1.82, 2.24) is 4.90 Å². The number of hydrogen-bond donors (Lipinski definition) is 0. The van der Waals surface area contributed by atoms with Crippen molar-refractivity contribution >= 4 is 28.9 Å². The minimum absolute atomic E-state index is 0.149. The third-order valence-electron chi connectivity index (χ3n) is 3.96. The van der Waals surface area contributed by atoms with Gasteiger partial charge < -0.3 is 9.64 Å². The van der Waals surface area contributed by atoms with Gasteiger partial charge in [0, 0.05) is 18.7 Å². The molecule has 2 aliphatic heterocycles. The van der Waals surface area contributed by atoms with Crippen LogP contribution >= 0.6 is 11.8 Å². The Balaban J connectivity index is 1.78. The van der Waals surface area contributed by atoms with E-state index in [9.17, 15) is 4.79 Å². The number of amides is 1. The van der Waals surface area contributed by atoms with Crippen LogP contribution in [-0.2, 0) is 4.79 Å². The van der Waals surface area contributed by atoms with Crippen molar-refractivity contribution in [3.05, 3.63) is 34.7 Å². The van der Waals surface area contributed by atoms with Gasteiger partial charge in [-0.3, -0.25) is 4.79 Å². The quantitative estimate of drug-likeness (QED) is 0.784. The highest BCUT2D eigenvalue weighted by atomic mass is 32.2. The summed E-state index contributed by atoms with van der Waals surface area (Å²) >= 11 is 1.47. The molecule has 4 nitrogen and oxygen atoms in total. The fourth-order valence-electron chi connectivity index (χ4n) is 2.82. The molecule has 22 heavy (non-hydrogen) atoms. The molecule has 0 spiro atoms. The molecule has 116 valence electrons. The summed E-state index contributed by atoms with van der Waals surface area (Å²) in [7, 11) is 1.64. The third kappa shape index (κ3) is 3.19. The van der Waals surface area contributed by atoms with Crippen molar-refractivity contribution in [1.29, 1.82) is 0 Å². The van der Waals surface area contributed by atoms with Crippen LogP contribution in [0.15, 0.2) is 34.2 Å². The first-order valence-electron chi connectivity index (χ1n) is 7.58. The normalized spacial score (nSPS) is 23.8. The van der Waals surface area contributed by atoms with Crippen LogP contribution in [0.25, 0.3) is 6.08 Å². The summed E-state index contributed by atoms with van der Waals surface area (Å²) in [4.78, 5) is 19.3. The van der Waals surface area contributed by atoms with E-state index in [4.69, 9.17) is 4.74 Å². The van der Waals surface area contributed by atoms with E-state index in [0.29, 0.717) is 10.8 Å². The first-order chi connectivity index (χ1) is 10.7. The van der Waals surface area contributed by atoms with Crippen molar-refractivity contribution < 1.29 is 9.53 Å². The van der Waals surface area contributed by atoms with Crippen molar-refractivity contribution in [3.63, 3.8) is 0 Å². The molecule has 0 saturated carbocycles. The SMILES string of the molecule is COc1ccccc1/C=C1\SC(N2CCCC(C)C2)=NC1=O. The number of ether oxygens (including phenoxy) is 1. The fraction of sp³-hybridized carbons (Fsp3) is 0.412. The van der Waals surface area contributed by atoms with E-state index in [1.54, 1.807) is 7.11 Å². The summed E-state index contributed by atoms with van der Waals surface area (Å²) in [5, 5.41) is 0.845. The molecule has 1 aromatic rings. The molecule has 0 bridgehead atoms. The lowest BCUT2D eigenvalue weighted by molar-refractivity contribution is -0.113.